The van der Waals surface area contributed by atoms with Crippen molar-refractivity contribution < 1.29 is 9.84 Å². The van der Waals surface area contributed by atoms with Gasteiger partial charge in [0.1, 0.15) is 0 Å². The molecule has 64 valence electrons. The van der Waals surface area contributed by atoms with E-state index < -0.39 is 0 Å². The van der Waals surface area contributed by atoms with E-state index in [1.165, 1.54) is 12.8 Å². The lowest BCUT2D eigenvalue weighted by Crippen LogP contribution is -2.46. The number of ether oxygens (including phenoxy) is 1. The second-order valence-corrected chi connectivity index (χ2v) is 3.48. The third-order valence-corrected chi connectivity index (χ3v) is 2.80. The number of hydrogen-bond donors (Lipinski definition) is 1. The molecule has 1 aliphatic heterocycles. The van der Waals surface area contributed by atoms with Crippen LogP contribution in [0.1, 0.15) is 12.8 Å². The molecule has 3 nitrogen and oxygen atoms in total. The zero-order chi connectivity index (χ0) is 7.73. The molecule has 1 saturated carbocycles. The van der Waals surface area contributed by atoms with Gasteiger partial charge in [0.2, 0.25) is 0 Å². The second-order valence-electron chi connectivity index (χ2n) is 3.48. The monoisotopic (exact) mass is 157 g/mol. The molecule has 0 spiro atoms. The molecule has 2 rings (SSSR count). The van der Waals surface area contributed by atoms with Crippen LogP contribution in [-0.4, -0.2) is 48.5 Å². The third kappa shape index (κ3) is 1.28. The van der Waals surface area contributed by atoms with Gasteiger partial charge in [-0.05, 0) is 12.8 Å². The largest absolute Gasteiger partial charge is 0.394 e. The lowest BCUT2D eigenvalue weighted by molar-refractivity contribution is -0.00552. The quantitative estimate of drug-likeness (QED) is 0.604. The van der Waals surface area contributed by atoms with Gasteiger partial charge in [0.05, 0.1) is 19.8 Å². The lowest BCUT2D eigenvalue weighted by Gasteiger charge is -2.33. The fraction of sp³-hybridized carbons (Fsp3) is 1.00. The first-order valence-corrected chi connectivity index (χ1v) is 4.31. The molecular formula is C8H15NO2. The summed E-state index contributed by atoms with van der Waals surface area (Å²) in [4.78, 5) is 2.37. The topological polar surface area (TPSA) is 32.7 Å². The summed E-state index contributed by atoms with van der Waals surface area (Å²) < 4.78 is 5.24. The number of nitrogens with zero attached hydrogens (tertiary/aromatic N) is 1. The first kappa shape index (κ1) is 7.53. The van der Waals surface area contributed by atoms with Crippen molar-refractivity contribution in [2.75, 3.05) is 32.9 Å². The Morgan fingerprint density at radius 3 is 2.36 bits per heavy atom. The van der Waals surface area contributed by atoms with Crippen molar-refractivity contribution in [1.29, 1.82) is 0 Å². The average molecular weight is 157 g/mol. The van der Waals surface area contributed by atoms with Crippen molar-refractivity contribution in [1.82, 2.24) is 4.90 Å². The SMILES string of the molecule is OCC1(N2CCOCC2)CC1. The van der Waals surface area contributed by atoms with Gasteiger partial charge in [-0.3, -0.25) is 4.90 Å². The Hall–Kier alpha value is -0.120. The fourth-order valence-corrected chi connectivity index (χ4v) is 1.76. The number of rotatable bonds is 2. The fourth-order valence-electron chi connectivity index (χ4n) is 1.76. The Kier molecular flexibility index (Phi) is 1.87. The molecule has 2 fully saturated rings. The zero-order valence-corrected chi connectivity index (χ0v) is 6.75. The maximum Gasteiger partial charge on any atom is 0.0615 e. The Labute approximate surface area is 66.9 Å². The first-order chi connectivity index (χ1) is 5.37. The normalized spacial score (nSPS) is 30.3. The van der Waals surface area contributed by atoms with Crippen LogP contribution in [0.2, 0.25) is 0 Å². The highest BCUT2D eigenvalue weighted by Crippen LogP contribution is 2.41. The number of hydrogen-bond acceptors (Lipinski definition) is 3. The number of aliphatic hydroxyl groups excluding tert-OH is 1. The summed E-state index contributed by atoms with van der Waals surface area (Å²) in [6.45, 7) is 4.00. The van der Waals surface area contributed by atoms with Gasteiger partial charge < -0.3 is 9.84 Å². The predicted molar refractivity (Wildman–Crippen MR) is 41.4 cm³/mol. The lowest BCUT2D eigenvalue weighted by atomic mass is 10.2. The Bertz CT molecular complexity index is 139. The molecule has 0 radical (unpaired) electrons. The minimum absolute atomic E-state index is 0.170. The Morgan fingerprint density at radius 1 is 1.27 bits per heavy atom. The summed E-state index contributed by atoms with van der Waals surface area (Å²) in [6.07, 6.45) is 2.34. The van der Waals surface area contributed by atoms with Crippen molar-refractivity contribution in [3.05, 3.63) is 0 Å². The van der Waals surface area contributed by atoms with Gasteiger partial charge in [-0.25, -0.2) is 0 Å². The predicted octanol–water partition coefficient (Wildman–Crippen LogP) is -0.157. The van der Waals surface area contributed by atoms with Crippen molar-refractivity contribution in [3.63, 3.8) is 0 Å². The molecule has 0 amide bonds. The van der Waals surface area contributed by atoms with E-state index in [-0.39, 0.29) is 5.54 Å². The van der Waals surface area contributed by atoms with Crippen LogP contribution >= 0.6 is 0 Å². The van der Waals surface area contributed by atoms with Crippen molar-refractivity contribution in [2.45, 2.75) is 18.4 Å². The summed E-state index contributed by atoms with van der Waals surface area (Å²) >= 11 is 0. The number of morpholine rings is 1. The average Bonchev–Trinajstić information content (AvgIpc) is 2.86. The van der Waals surface area contributed by atoms with Crippen LogP contribution in [0.25, 0.3) is 0 Å². The molecule has 0 aromatic heterocycles. The van der Waals surface area contributed by atoms with E-state index >= 15 is 0 Å². The van der Waals surface area contributed by atoms with Crippen LogP contribution in [0.4, 0.5) is 0 Å². The summed E-state index contributed by atoms with van der Waals surface area (Å²) in [7, 11) is 0. The molecule has 3 heteroatoms. The van der Waals surface area contributed by atoms with Crippen LogP contribution in [0.3, 0.4) is 0 Å². The van der Waals surface area contributed by atoms with E-state index in [1.807, 2.05) is 0 Å². The van der Waals surface area contributed by atoms with Gasteiger partial charge >= 0.3 is 0 Å². The second kappa shape index (κ2) is 2.73. The molecule has 0 unspecified atom stereocenters. The standard InChI is InChI=1S/C8H15NO2/c10-7-8(1-2-8)9-3-5-11-6-4-9/h10H,1-7H2. The molecule has 1 heterocycles. The first-order valence-electron chi connectivity index (χ1n) is 4.31. The van der Waals surface area contributed by atoms with E-state index in [4.69, 9.17) is 9.84 Å². The van der Waals surface area contributed by atoms with Gasteiger partial charge in [-0.15, -0.1) is 0 Å². The summed E-state index contributed by atoms with van der Waals surface area (Å²) in [5, 5.41) is 9.13. The molecule has 1 N–H and O–H groups in total. The van der Waals surface area contributed by atoms with Gasteiger partial charge in [0.25, 0.3) is 0 Å². The highest BCUT2D eigenvalue weighted by molar-refractivity contribution is 5.03. The molecule has 0 aromatic carbocycles. The van der Waals surface area contributed by atoms with Gasteiger partial charge in [0.15, 0.2) is 0 Å². The van der Waals surface area contributed by atoms with Crippen LogP contribution in [0.15, 0.2) is 0 Å². The van der Waals surface area contributed by atoms with E-state index in [1.54, 1.807) is 0 Å². The molecule has 0 aromatic rings. The van der Waals surface area contributed by atoms with Crippen LogP contribution in [0, 0.1) is 0 Å². The maximum atomic E-state index is 9.13. The molecule has 1 aliphatic carbocycles. The summed E-state index contributed by atoms with van der Waals surface area (Å²) in [6, 6.07) is 0. The molecule has 11 heavy (non-hydrogen) atoms. The van der Waals surface area contributed by atoms with E-state index in [0.717, 1.165) is 26.3 Å². The minimum Gasteiger partial charge on any atom is -0.394 e. The minimum atomic E-state index is 0.170. The van der Waals surface area contributed by atoms with Gasteiger partial charge in [-0.1, -0.05) is 0 Å². The Balaban J connectivity index is 1.92. The van der Waals surface area contributed by atoms with Gasteiger partial charge in [-0.2, -0.15) is 0 Å². The van der Waals surface area contributed by atoms with E-state index in [9.17, 15) is 0 Å². The van der Waals surface area contributed by atoms with E-state index in [0.29, 0.717) is 6.61 Å². The highest BCUT2D eigenvalue weighted by Gasteiger charge is 2.47. The molecule has 0 bridgehead atoms. The molecule has 2 aliphatic rings. The van der Waals surface area contributed by atoms with E-state index in [2.05, 4.69) is 4.90 Å². The third-order valence-electron chi connectivity index (χ3n) is 2.80. The van der Waals surface area contributed by atoms with Crippen LogP contribution in [-0.2, 0) is 4.74 Å². The summed E-state index contributed by atoms with van der Waals surface area (Å²) in [5.41, 5.74) is 0.170. The van der Waals surface area contributed by atoms with Gasteiger partial charge in [0, 0.05) is 18.6 Å². The van der Waals surface area contributed by atoms with Crippen molar-refractivity contribution in [3.8, 4) is 0 Å². The van der Waals surface area contributed by atoms with Crippen LogP contribution < -0.4 is 0 Å². The summed E-state index contributed by atoms with van der Waals surface area (Å²) in [5.74, 6) is 0. The van der Waals surface area contributed by atoms with Crippen LogP contribution in [0.5, 0.6) is 0 Å². The zero-order valence-electron chi connectivity index (χ0n) is 6.75. The molecular weight excluding hydrogens is 142 g/mol. The molecule has 0 atom stereocenters. The Morgan fingerprint density at radius 2 is 1.91 bits per heavy atom. The highest BCUT2D eigenvalue weighted by atomic mass is 16.5. The van der Waals surface area contributed by atoms with Crippen molar-refractivity contribution in [2.24, 2.45) is 0 Å². The molecule has 1 saturated heterocycles. The number of aliphatic hydroxyl groups is 1. The van der Waals surface area contributed by atoms with Crippen molar-refractivity contribution >= 4 is 0 Å². The smallest absolute Gasteiger partial charge is 0.0615 e. The maximum absolute atomic E-state index is 9.13.